The number of likely N-dealkylation sites (N-methyl/N-ethyl adjacent to an activating group) is 1. The minimum atomic E-state index is -0.471. The largest absolute Gasteiger partial charge is 0.340 e. The van der Waals surface area contributed by atoms with Gasteiger partial charge >= 0.3 is 0 Å². The number of carbonyl (C=O) groups is 2. The summed E-state index contributed by atoms with van der Waals surface area (Å²) in [5.74, 6) is -1.06. The monoisotopic (exact) mass is 358 g/mol. The molecule has 0 N–H and O–H groups in total. The number of halogens is 2. The molecule has 128 valence electrons. The van der Waals surface area contributed by atoms with Crippen molar-refractivity contribution >= 4 is 29.1 Å². The summed E-state index contributed by atoms with van der Waals surface area (Å²) in [5.41, 5.74) is 1.99. The third-order valence-electron chi connectivity index (χ3n) is 4.22. The van der Waals surface area contributed by atoms with Crippen molar-refractivity contribution in [3.63, 3.8) is 0 Å². The van der Waals surface area contributed by atoms with Crippen molar-refractivity contribution in [2.24, 2.45) is 0 Å². The van der Waals surface area contributed by atoms with Crippen LogP contribution in [0.5, 0.6) is 0 Å². The molecule has 0 saturated heterocycles. The van der Waals surface area contributed by atoms with Crippen LogP contribution >= 0.6 is 11.6 Å². The Morgan fingerprint density at radius 2 is 1.88 bits per heavy atom. The van der Waals surface area contributed by atoms with Crippen LogP contribution in [0.25, 0.3) is 5.70 Å². The number of hydrogen-bond acceptors (Lipinski definition) is 2. The lowest BCUT2D eigenvalue weighted by Gasteiger charge is -2.23. The molecular weight excluding hydrogens is 343 g/mol. The fraction of sp³-hybridized carbons (Fsp3) is 0.158. The van der Waals surface area contributed by atoms with Crippen LogP contribution in [-0.2, 0) is 11.3 Å². The quantitative estimate of drug-likeness (QED) is 0.838. The Labute approximate surface area is 150 Å². The van der Waals surface area contributed by atoms with Crippen molar-refractivity contribution < 1.29 is 14.0 Å². The van der Waals surface area contributed by atoms with Gasteiger partial charge in [0.1, 0.15) is 12.4 Å². The molecule has 0 unspecified atom stereocenters. The summed E-state index contributed by atoms with van der Waals surface area (Å²) in [6.07, 6.45) is 0. The lowest BCUT2D eigenvalue weighted by molar-refractivity contribution is -0.130. The molecule has 0 aliphatic carbocycles. The average Bonchev–Trinajstić information content (AvgIpc) is 2.83. The van der Waals surface area contributed by atoms with E-state index in [1.807, 2.05) is 6.07 Å². The van der Waals surface area contributed by atoms with Gasteiger partial charge in [0.15, 0.2) is 0 Å². The van der Waals surface area contributed by atoms with Crippen molar-refractivity contribution in [2.45, 2.75) is 6.54 Å². The summed E-state index contributed by atoms with van der Waals surface area (Å²) in [5, 5.41) is 0.258. The molecule has 2 aromatic rings. The van der Waals surface area contributed by atoms with Crippen LogP contribution in [-0.4, -0.2) is 35.2 Å². The van der Waals surface area contributed by atoms with Crippen molar-refractivity contribution in [2.75, 3.05) is 13.6 Å². The standard InChI is InChI=1S/C19H16ClFN2O2/c1-12-13-6-3-4-7-14(13)19(25)23(12)11-18(24)22(2)10-15-16(20)8-5-9-17(15)21/h3-9H,1,10-11H2,2H3. The maximum atomic E-state index is 13.9. The normalized spacial score (nSPS) is 13.2. The number of benzene rings is 2. The highest BCUT2D eigenvalue weighted by Crippen LogP contribution is 2.31. The third-order valence-corrected chi connectivity index (χ3v) is 4.57. The molecule has 2 aromatic carbocycles. The Morgan fingerprint density at radius 1 is 1.20 bits per heavy atom. The first-order valence-corrected chi connectivity index (χ1v) is 8.05. The SMILES string of the molecule is C=C1c2ccccc2C(=O)N1CC(=O)N(C)Cc1c(F)cccc1Cl. The van der Waals surface area contributed by atoms with E-state index in [1.54, 1.807) is 31.3 Å². The lowest BCUT2D eigenvalue weighted by Crippen LogP contribution is -2.37. The molecule has 1 aliphatic heterocycles. The first-order chi connectivity index (χ1) is 11.9. The van der Waals surface area contributed by atoms with Crippen LogP contribution in [0.2, 0.25) is 5.02 Å². The number of carbonyl (C=O) groups excluding carboxylic acids is 2. The van der Waals surface area contributed by atoms with Gasteiger partial charge in [0.2, 0.25) is 5.91 Å². The summed E-state index contributed by atoms with van der Waals surface area (Å²) < 4.78 is 13.9. The topological polar surface area (TPSA) is 40.6 Å². The lowest BCUT2D eigenvalue weighted by atomic mass is 10.1. The smallest absolute Gasteiger partial charge is 0.259 e. The maximum absolute atomic E-state index is 13.9. The minimum Gasteiger partial charge on any atom is -0.340 e. The fourth-order valence-corrected chi connectivity index (χ4v) is 2.99. The molecule has 0 saturated carbocycles. The molecule has 1 heterocycles. The zero-order valence-electron chi connectivity index (χ0n) is 13.6. The summed E-state index contributed by atoms with van der Waals surface area (Å²) in [4.78, 5) is 27.6. The van der Waals surface area contributed by atoms with Crippen LogP contribution in [0.4, 0.5) is 4.39 Å². The first-order valence-electron chi connectivity index (χ1n) is 7.67. The Kier molecular flexibility index (Phi) is 4.59. The van der Waals surface area contributed by atoms with Gasteiger partial charge in [-0.15, -0.1) is 0 Å². The van der Waals surface area contributed by atoms with Crippen LogP contribution in [0, 0.1) is 5.82 Å². The number of rotatable bonds is 4. The van der Waals surface area contributed by atoms with E-state index in [-0.39, 0.29) is 35.5 Å². The van der Waals surface area contributed by atoms with Crippen molar-refractivity contribution in [1.29, 1.82) is 0 Å². The van der Waals surface area contributed by atoms with E-state index >= 15 is 0 Å². The molecule has 4 nitrogen and oxygen atoms in total. The Balaban J connectivity index is 1.73. The molecule has 25 heavy (non-hydrogen) atoms. The molecule has 1 aliphatic rings. The van der Waals surface area contributed by atoms with Gasteiger partial charge in [-0.25, -0.2) is 4.39 Å². The van der Waals surface area contributed by atoms with E-state index in [4.69, 9.17) is 11.6 Å². The second-order valence-electron chi connectivity index (χ2n) is 5.83. The highest BCUT2D eigenvalue weighted by molar-refractivity contribution is 6.31. The van der Waals surface area contributed by atoms with Gasteiger partial charge in [-0.1, -0.05) is 42.4 Å². The van der Waals surface area contributed by atoms with Crippen LogP contribution in [0.3, 0.4) is 0 Å². The van der Waals surface area contributed by atoms with Gasteiger partial charge in [-0.2, -0.15) is 0 Å². The van der Waals surface area contributed by atoms with E-state index in [9.17, 15) is 14.0 Å². The van der Waals surface area contributed by atoms with Gasteiger partial charge in [-0.3, -0.25) is 14.5 Å². The summed E-state index contributed by atoms with van der Waals surface area (Å²) in [6.45, 7) is 3.77. The van der Waals surface area contributed by atoms with Gasteiger partial charge in [-0.05, 0) is 18.2 Å². The summed E-state index contributed by atoms with van der Waals surface area (Å²) in [7, 11) is 1.54. The van der Waals surface area contributed by atoms with Gasteiger partial charge in [0.25, 0.3) is 5.91 Å². The van der Waals surface area contributed by atoms with Gasteiger partial charge in [0, 0.05) is 41.0 Å². The second kappa shape index (κ2) is 6.69. The van der Waals surface area contributed by atoms with Gasteiger partial charge in [0.05, 0.1) is 0 Å². The summed E-state index contributed by atoms with van der Waals surface area (Å²) in [6, 6.07) is 11.4. The zero-order valence-corrected chi connectivity index (χ0v) is 14.4. The Bertz CT molecular complexity index is 826. The molecule has 0 spiro atoms. The average molecular weight is 359 g/mol. The third kappa shape index (κ3) is 3.15. The highest BCUT2D eigenvalue weighted by Gasteiger charge is 2.32. The van der Waals surface area contributed by atoms with Crippen molar-refractivity contribution in [3.8, 4) is 0 Å². The van der Waals surface area contributed by atoms with E-state index < -0.39 is 5.82 Å². The second-order valence-corrected chi connectivity index (χ2v) is 6.24. The molecule has 6 heteroatoms. The fourth-order valence-electron chi connectivity index (χ4n) is 2.77. The Hall–Kier alpha value is -2.66. The number of nitrogens with zero attached hydrogens (tertiary/aromatic N) is 2. The van der Waals surface area contributed by atoms with Gasteiger partial charge < -0.3 is 4.90 Å². The molecule has 2 amide bonds. The minimum absolute atomic E-state index is 0.0196. The molecule has 0 fully saturated rings. The highest BCUT2D eigenvalue weighted by atomic mass is 35.5. The van der Waals surface area contributed by atoms with E-state index in [0.29, 0.717) is 11.3 Å². The van der Waals surface area contributed by atoms with Crippen molar-refractivity contribution in [1.82, 2.24) is 9.80 Å². The van der Waals surface area contributed by atoms with E-state index in [2.05, 4.69) is 6.58 Å². The maximum Gasteiger partial charge on any atom is 0.259 e. The zero-order chi connectivity index (χ0) is 18.1. The predicted octanol–water partition coefficient (Wildman–Crippen LogP) is 3.56. The number of fused-ring (bicyclic) bond motifs is 1. The first kappa shape index (κ1) is 17.2. The van der Waals surface area contributed by atoms with Crippen LogP contribution < -0.4 is 0 Å². The van der Waals surface area contributed by atoms with Crippen molar-refractivity contribution in [3.05, 3.63) is 76.6 Å². The van der Waals surface area contributed by atoms with Crippen LogP contribution in [0.1, 0.15) is 21.5 Å². The Morgan fingerprint density at radius 3 is 2.52 bits per heavy atom. The molecule has 0 radical (unpaired) electrons. The summed E-state index contributed by atoms with van der Waals surface area (Å²) >= 11 is 6.00. The molecular formula is C19H16ClFN2O2. The number of amides is 2. The van der Waals surface area contributed by atoms with Crippen LogP contribution in [0.15, 0.2) is 49.0 Å². The van der Waals surface area contributed by atoms with E-state index in [1.165, 1.54) is 21.9 Å². The molecule has 3 rings (SSSR count). The molecule has 0 aromatic heterocycles. The predicted molar refractivity (Wildman–Crippen MR) is 94.4 cm³/mol. The molecule has 0 atom stereocenters. The number of hydrogen-bond donors (Lipinski definition) is 0. The molecule has 0 bridgehead atoms. The van der Waals surface area contributed by atoms with E-state index in [0.717, 1.165) is 5.56 Å².